The van der Waals surface area contributed by atoms with E-state index in [1.807, 2.05) is 23.5 Å². The van der Waals surface area contributed by atoms with Crippen LogP contribution >= 0.6 is 22.9 Å². The normalized spacial score (nSPS) is 12.4. The molecule has 1 nitrogen and oxygen atoms in total. The third-order valence-corrected chi connectivity index (χ3v) is 4.77. The molecule has 1 heterocycles. The summed E-state index contributed by atoms with van der Waals surface area (Å²) in [6.07, 6.45) is 1.10. The van der Waals surface area contributed by atoms with Crippen LogP contribution in [0.2, 0.25) is 5.02 Å². The second-order valence-electron chi connectivity index (χ2n) is 4.46. The predicted octanol–water partition coefficient (Wildman–Crippen LogP) is 5.45. The summed E-state index contributed by atoms with van der Waals surface area (Å²) < 4.78 is 0. The van der Waals surface area contributed by atoms with Gasteiger partial charge in [-0.05, 0) is 44.0 Å². The Morgan fingerprint density at radius 3 is 2.67 bits per heavy atom. The maximum Gasteiger partial charge on any atom is 0.0640 e. The zero-order valence-electron chi connectivity index (χ0n) is 11.0. The lowest BCUT2D eigenvalue weighted by atomic mass is 10.1. The van der Waals surface area contributed by atoms with Crippen LogP contribution in [0.5, 0.6) is 0 Å². The van der Waals surface area contributed by atoms with Gasteiger partial charge in [-0.15, -0.1) is 11.3 Å². The van der Waals surface area contributed by atoms with Crippen molar-refractivity contribution in [2.75, 3.05) is 5.32 Å². The minimum atomic E-state index is 0.286. The molecule has 0 aliphatic rings. The number of halogens is 1. The molecule has 1 N–H and O–H groups in total. The van der Waals surface area contributed by atoms with E-state index >= 15 is 0 Å². The Labute approximate surface area is 118 Å². The molecule has 0 aliphatic heterocycles. The van der Waals surface area contributed by atoms with Gasteiger partial charge in [0.05, 0.1) is 16.8 Å². The molecule has 0 radical (unpaired) electrons. The summed E-state index contributed by atoms with van der Waals surface area (Å²) in [5.41, 5.74) is 2.22. The van der Waals surface area contributed by atoms with Crippen LogP contribution in [0.3, 0.4) is 0 Å². The van der Waals surface area contributed by atoms with Crippen molar-refractivity contribution < 1.29 is 0 Å². The van der Waals surface area contributed by atoms with Gasteiger partial charge in [0.25, 0.3) is 0 Å². The first-order valence-electron chi connectivity index (χ1n) is 6.22. The second-order valence-corrected chi connectivity index (χ2v) is 6.06. The number of hydrogen-bond acceptors (Lipinski definition) is 2. The summed E-state index contributed by atoms with van der Waals surface area (Å²) in [5, 5.41) is 4.30. The quantitative estimate of drug-likeness (QED) is 0.785. The number of rotatable bonds is 4. The van der Waals surface area contributed by atoms with E-state index in [9.17, 15) is 0 Å². The summed E-state index contributed by atoms with van der Waals surface area (Å²) in [6.45, 7) is 6.44. The molecule has 18 heavy (non-hydrogen) atoms. The number of anilines is 1. The Bertz CT molecular complexity index is 513. The highest BCUT2D eigenvalue weighted by atomic mass is 35.5. The minimum Gasteiger partial charge on any atom is -0.376 e. The molecule has 0 aliphatic carbocycles. The van der Waals surface area contributed by atoms with Crippen molar-refractivity contribution >= 4 is 28.6 Å². The molecule has 1 unspecified atom stereocenters. The van der Waals surface area contributed by atoms with Crippen molar-refractivity contribution in [3.63, 3.8) is 0 Å². The highest BCUT2D eigenvalue weighted by Gasteiger charge is 2.11. The van der Waals surface area contributed by atoms with Crippen molar-refractivity contribution in [3.05, 3.63) is 50.7 Å². The molecular weight excluding hydrogens is 262 g/mol. The number of hydrogen-bond donors (Lipinski definition) is 1. The largest absolute Gasteiger partial charge is 0.376 e. The maximum absolute atomic E-state index is 6.23. The van der Waals surface area contributed by atoms with E-state index < -0.39 is 0 Å². The third kappa shape index (κ3) is 2.88. The number of nitrogens with one attached hydrogen (secondary N) is 1. The first-order valence-corrected chi connectivity index (χ1v) is 7.41. The van der Waals surface area contributed by atoms with Crippen LogP contribution in [-0.2, 0) is 6.42 Å². The number of benzene rings is 1. The van der Waals surface area contributed by atoms with Gasteiger partial charge in [0.15, 0.2) is 0 Å². The Balaban J connectivity index is 2.18. The lowest BCUT2D eigenvalue weighted by Gasteiger charge is -2.17. The van der Waals surface area contributed by atoms with Crippen molar-refractivity contribution in [2.24, 2.45) is 0 Å². The molecule has 0 fully saturated rings. The molecule has 1 aromatic carbocycles. The first-order chi connectivity index (χ1) is 8.61. The number of aryl methyl sites for hydroxylation is 2. The topological polar surface area (TPSA) is 12.0 Å². The summed E-state index contributed by atoms with van der Waals surface area (Å²) in [5.74, 6) is 0. The standard InChI is InChI=1S/C15H18ClNS/c1-4-12-8-9-14(18-12)11(3)17-15-10(2)6-5-7-13(15)16/h5-9,11,17H,4H2,1-3H3. The van der Waals surface area contributed by atoms with Crippen LogP contribution in [0.4, 0.5) is 5.69 Å². The lowest BCUT2D eigenvalue weighted by molar-refractivity contribution is 0.906. The highest BCUT2D eigenvalue weighted by Crippen LogP contribution is 2.31. The molecule has 0 bridgehead atoms. The van der Waals surface area contributed by atoms with E-state index in [1.54, 1.807) is 0 Å². The second kappa shape index (κ2) is 5.77. The SMILES string of the molecule is CCc1ccc(C(C)Nc2c(C)cccc2Cl)s1. The van der Waals surface area contributed by atoms with Crippen LogP contribution in [-0.4, -0.2) is 0 Å². The van der Waals surface area contributed by atoms with Crippen molar-refractivity contribution in [1.29, 1.82) is 0 Å². The summed E-state index contributed by atoms with van der Waals surface area (Å²) in [7, 11) is 0. The van der Waals surface area contributed by atoms with Crippen molar-refractivity contribution in [3.8, 4) is 0 Å². The van der Waals surface area contributed by atoms with Gasteiger partial charge in [-0.25, -0.2) is 0 Å². The van der Waals surface area contributed by atoms with E-state index in [0.717, 1.165) is 17.1 Å². The van der Waals surface area contributed by atoms with Gasteiger partial charge in [-0.1, -0.05) is 30.7 Å². The van der Waals surface area contributed by atoms with Crippen LogP contribution in [0.15, 0.2) is 30.3 Å². The Morgan fingerprint density at radius 2 is 2.06 bits per heavy atom. The predicted molar refractivity (Wildman–Crippen MR) is 81.9 cm³/mol. The average molecular weight is 280 g/mol. The molecule has 0 saturated heterocycles. The van der Waals surface area contributed by atoms with Gasteiger partial charge in [-0.3, -0.25) is 0 Å². The van der Waals surface area contributed by atoms with Crippen LogP contribution in [0, 0.1) is 6.92 Å². The maximum atomic E-state index is 6.23. The molecule has 0 amide bonds. The first kappa shape index (κ1) is 13.4. The number of thiophene rings is 1. The third-order valence-electron chi connectivity index (χ3n) is 3.04. The number of para-hydroxylation sites is 1. The fourth-order valence-electron chi connectivity index (χ4n) is 1.92. The van der Waals surface area contributed by atoms with E-state index in [2.05, 4.69) is 44.3 Å². The van der Waals surface area contributed by atoms with Gasteiger partial charge in [0.2, 0.25) is 0 Å². The Hall–Kier alpha value is -0.990. The van der Waals surface area contributed by atoms with Crippen LogP contribution in [0.25, 0.3) is 0 Å². The Morgan fingerprint density at radius 1 is 1.28 bits per heavy atom. The average Bonchev–Trinajstić information content (AvgIpc) is 2.82. The molecule has 0 spiro atoms. The van der Waals surface area contributed by atoms with E-state index in [4.69, 9.17) is 11.6 Å². The van der Waals surface area contributed by atoms with E-state index in [1.165, 1.54) is 15.3 Å². The van der Waals surface area contributed by atoms with Crippen LogP contribution < -0.4 is 5.32 Å². The van der Waals surface area contributed by atoms with Crippen molar-refractivity contribution in [1.82, 2.24) is 0 Å². The monoisotopic (exact) mass is 279 g/mol. The van der Waals surface area contributed by atoms with Gasteiger partial charge in [-0.2, -0.15) is 0 Å². The summed E-state index contributed by atoms with van der Waals surface area (Å²) >= 11 is 8.10. The molecule has 3 heteroatoms. The van der Waals surface area contributed by atoms with Gasteiger partial charge >= 0.3 is 0 Å². The fraction of sp³-hybridized carbons (Fsp3) is 0.333. The van der Waals surface area contributed by atoms with Gasteiger partial charge in [0, 0.05) is 9.75 Å². The zero-order valence-corrected chi connectivity index (χ0v) is 12.5. The van der Waals surface area contributed by atoms with Gasteiger partial charge in [0.1, 0.15) is 0 Å². The van der Waals surface area contributed by atoms with Gasteiger partial charge < -0.3 is 5.32 Å². The smallest absolute Gasteiger partial charge is 0.0640 e. The minimum absolute atomic E-state index is 0.286. The molecule has 96 valence electrons. The molecule has 1 aromatic heterocycles. The zero-order chi connectivity index (χ0) is 13.1. The van der Waals surface area contributed by atoms with E-state index in [0.29, 0.717) is 0 Å². The summed E-state index contributed by atoms with van der Waals surface area (Å²) in [4.78, 5) is 2.78. The fourth-order valence-corrected chi connectivity index (χ4v) is 3.15. The Kier molecular flexibility index (Phi) is 4.31. The van der Waals surface area contributed by atoms with E-state index in [-0.39, 0.29) is 6.04 Å². The summed E-state index contributed by atoms with van der Waals surface area (Å²) in [6, 6.07) is 10.7. The molecule has 0 saturated carbocycles. The molecule has 2 aromatic rings. The van der Waals surface area contributed by atoms with Crippen molar-refractivity contribution in [2.45, 2.75) is 33.2 Å². The van der Waals surface area contributed by atoms with Crippen LogP contribution in [0.1, 0.15) is 35.2 Å². The molecule has 1 atom stereocenters. The highest BCUT2D eigenvalue weighted by molar-refractivity contribution is 7.12. The molecular formula is C15H18ClNS. The molecule has 2 rings (SSSR count). The lowest BCUT2D eigenvalue weighted by Crippen LogP contribution is -2.06.